The van der Waals surface area contributed by atoms with Crippen LogP contribution in [0.1, 0.15) is 30.3 Å². The van der Waals surface area contributed by atoms with Gasteiger partial charge in [0.1, 0.15) is 5.82 Å². The molecule has 0 saturated carbocycles. The van der Waals surface area contributed by atoms with E-state index in [-0.39, 0.29) is 6.04 Å². The van der Waals surface area contributed by atoms with E-state index in [0.29, 0.717) is 24.9 Å². The molecule has 146 valence electrons. The second-order valence-corrected chi connectivity index (χ2v) is 6.92. The quantitative estimate of drug-likeness (QED) is 0.600. The summed E-state index contributed by atoms with van der Waals surface area (Å²) >= 11 is 0. The molecule has 2 aromatic heterocycles. The lowest BCUT2D eigenvalue weighted by molar-refractivity contribution is 0.201. The van der Waals surface area contributed by atoms with Crippen molar-refractivity contribution in [2.75, 3.05) is 32.1 Å². The molecular formula is C21H25N5O2. The van der Waals surface area contributed by atoms with Crippen LogP contribution in [0.4, 0.5) is 5.82 Å². The molecule has 1 N–H and O–H groups in total. The molecule has 1 aromatic carbocycles. The highest BCUT2D eigenvalue weighted by Crippen LogP contribution is 2.33. The number of nitrogens with zero attached hydrogens (tertiary/aromatic N) is 4. The van der Waals surface area contributed by atoms with Crippen molar-refractivity contribution in [3.05, 3.63) is 60.1 Å². The van der Waals surface area contributed by atoms with Crippen LogP contribution in [-0.4, -0.2) is 46.8 Å². The Bertz CT molecular complexity index is 866. The van der Waals surface area contributed by atoms with E-state index >= 15 is 0 Å². The van der Waals surface area contributed by atoms with Gasteiger partial charge in [-0.2, -0.15) is 4.98 Å². The molecule has 1 aliphatic rings. The molecule has 28 heavy (non-hydrogen) atoms. The average molecular weight is 379 g/mol. The number of pyridine rings is 1. The Morgan fingerprint density at radius 1 is 1.21 bits per heavy atom. The molecule has 1 saturated heterocycles. The van der Waals surface area contributed by atoms with Crippen LogP contribution in [0.3, 0.4) is 0 Å². The molecule has 1 aliphatic heterocycles. The number of benzene rings is 1. The van der Waals surface area contributed by atoms with E-state index in [4.69, 9.17) is 9.26 Å². The summed E-state index contributed by atoms with van der Waals surface area (Å²) in [4.78, 5) is 11.5. The molecule has 1 fully saturated rings. The molecule has 4 rings (SSSR count). The Morgan fingerprint density at radius 2 is 2.11 bits per heavy atom. The third kappa shape index (κ3) is 4.37. The van der Waals surface area contributed by atoms with E-state index in [1.807, 2.05) is 18.2 Å². The number of hydrogen-bond donors (Lipinski definition) is 1. The van der Waals surface area contributed by atoms with Crippen molar-refractivity contribution in [3.8, 4) is 11.4 Å². The Balaban J connectivity index is 1.43. The smallest absolute Gasteiger partial charge is 0.244 e. The van der Waals surface area contributed by atoms with Gasteiger partial charge in [-0.25, -0.2) is 4.98 Å². The fourth-order valence-corrected chi connectivity index (χ4v) is 3.51. The highest BCUT2D eigenvalue weighted by molar-refractivity contribution is 5.55. The largest absolute Gasteiger partial charge is 0.383 e. The minimum atomic E-state index is 0.171. The van der Waals surface area contributed by atoms with Crippen molar-refractivity contribution < 1.29 is 9.26 Å². The summed E-state index contributed by atoms with van der Waals surface area (Å²) in [6, 6.07) is 14.5. The van der Waals surface area contributed by atoms with Crippen LogP contribution in [0.2, 0.25) is 0 Å². The maximum absolute atomic E-state index is 5.62. The van der Waals surface area contributed by atoms with Gasteiger partial charge in [-0.05, 0) is 37.1 Å². The monoisotopic (exact) mass is 379 g/mol. The average Bonchev–Trinajstić information content (AvgIpc) is 3.39. The first-order valence-electron chi connectivity index (χ1n) is 9.64. The zero-order chi connectivity index (χ0) is 19.2. The first kappa shape index (κ1) is 18.6. The summed E-state index contributed by atoms with van der Waals surface area (Å²) in [6.07, 6.45) is 3.94. The normalized spacial score (nSPS) is 17.1. The number of aromatic nitrogens is 3. The van der Waals surface area contributed by atoms with Crippen LogP contribution in [0.25, 0.3) is 11.4 Å². The van der Waals surface area contributed by atoms with Crippen molar-refractivity contribution in [1.29, 1.82) is 0 Å². The second-order valence-electron chi connectivity index (χ2n) is 6.92. The number of rotatable bonds is 8. The number of hydrogen-bond acceptors (Lipinski definition) is 7. The molecule has 3 aromatic rings. The molecule has 0 bridgehead atoms. The van der Waals surface area contributed by atoms with Gasteiger partial charge in [0.25, 0.3) is 0 Å². The summed E-state index contributed by atoms with van der Waals surface area (Å²) in [6.45, 7) is 3.29. The van der Waals surface area contributed by atoms with Crippen molar-refractivity contribution >= 4 is 5.82 Å². The highest BCUT2D eigenvalue weighted by Gasteiger charge is 2.30. The summed E-state index contributed by atoms with van der Waals surface area (Å²) in [5.41, 5.74) is 2.15. The Kier molecular flexibility index (Phi) is 5.94. The van der Waals surface area contributed by atoms with Gasteiger partial charge in [-0.15, -0.1) is 0 Å². The third-order valence-corrected chi connectivity index (χ3v) is 4.95. The van der Waals surface area contributed by atoms with E-state index < -0.39 is 0 Å². The number of methoxy groups -OCH3 is 1. The van der Waals surface area contributed by atoms with Crippen LogP contribution in [-0.2, 0) is 11.3 Å². The molecule has 0 aliphatic carbocycles. The molecule has 7 nitrogen and oxygen atoms in total. The standard InChI is InChI=1S/C21H25N5O2/c1-27-13-11-22-19-10-9-17(14-23-19)20-24-21(28-25-20)18-8-5-12-26(18)15-16-6-3-2-4-7-16/h2-4,6-7,9-10,14,18H,5,8,11-13,15H2,1H3,(H,22,23). The molecular weight excluding hydrogens is 354 g/mol. The van der Waals surface area contributed by atoms with E-state index in [1.54, 1.807) is 13.3 Å². The number of likely N-dealkylation sites (tertiary alicyclic amines) is 1. The minimum absolute atomic E-state index is 0.171. The fraction of sp³-hybridized carbons (Fsp3) is 0.381. The van der Waals surface area contributed by atoms with E-state index in [9.17, 15) is 0 Å². The maximum atomic E-state index is 5.62. The number of nitrogens with one attached hydrogen (secondary N) is 1. The van der Waals surface area contributed by atoms with Crippen LogP contribution in [0, 0.1) is 0 Å². The zero-order valence-electron chi connectivity index (χ0n) is 16.0. The van der Waals surface area contributed by atoms with Gasteiger partial charge in [0.05, 0.1) is 12.6 Å². The fourth-order valence-electron chi connectivity index (χ4n) is 3.51. The Labute approximate surface area is 164 Å². The van der Waals surface area contributed by atoms with Crippen LogP contribution >= 0.6 is 0 Å². The summed E-state index contributed by atoms with van der Waals surface area (Å²) in [5.74, 6) is 2.07. The van der Waals surface area contributed by atoms with Crippen molar-refractivity contribution in [3.63, 3.8) is 0 Å². The van der Waals surface area contributed by atoms with Gasteiger partial charge in [-0.1, -0.05) is 35.5 Å². The number of ether oxygens (including phenoxy) is 1. The van der Waals surface area contributed by atoms with Gasteiger partial charge < -0.3 is 14.6 Å². The summed E-state index contributed by atoms with van der Waals surface area (Å²) < 4.78 is 10.6. The predicted molar refractivity (Wildman–Crippen MR) is 107 cm³/mol. The van der Waals surface area contributed by atoms with Gasteiger partial charge in [-0.3, -0.25) is 4.90 Å². The molecule has 0 amide bonds. The first-order chi connectivity index (χ1) is 13.8. The number of anilines is 1. The molecule has 0 spiro atoms. The SMILES string of the molecule is COCCNc1ccc(-c2noc(C3CCCN3Cc3ccccc3)n2)cn1. The van der Waals surface area contributed by atoms with Gasteiger partial charge in [0, 0.05) is 32.0 Å². The lowest BCUT2D eigenvalue weighted by atomic mass is 10.2. The summed E-state index contributed by atoms with van der Waals surface area (Å²) in [5, 5.41) is 7.38. The zero-order valence-corrected chi connectivity index (χ0v) is 16.0. The van der Waals surface area contributed by atoms with E-state index in [1.165, 1.54) is 5.56 Å². The highest BCUT2D eigenvalue weighted by atomic mass is 16.5. The molecule has 1 unspecified atom stereocenters. The summed E-state index contributed by atoms with van der Waals surface area (Å²) in [7, 11) is 1.68. The van der Waals surface area contributed by atoms with Crippen molar-refractivity contribution in [2.24, 2.45) is 0 Å². The molecule has 7 heteroatoms. The van der Waals surface area contributed by atoms with Gasteiger partial charge in [0.2, 0.25) is 11.7 Å². The predicted octanol–water partition coefficient (Wildman–Crippen LogP) is 3.53. The Hall–Kier alpha value is -2.77. The van der Waals surface area contributed by atoms with Gasteiger partial charge >= 0.3 is 0 Å². The van der Waals surface area contributed by atoms with Crippen molar-refractivity contribution in [2.45, 2.75) is 25.4 Å². The first-order valence-corrected chi connectivity index (χ1v) is 9.64. The topological polar surface area (TPSA) is 76.3 Å². The lowest BCUT2D eigenvalue weighted by Gasteiger charge is -2.21. The maximum Gasteiger partial charge on any atom is 0.244 e. The van der Waals surface area contributed by atoms with Crippen LogP contribution in [0.15, 0.2) is 53.2 Å². The Morgan fingerprint density at radius 3 is 2.89 bits per heavy atom. The van der Waals surface area contributed by atoms with E-state index in [2.05, 4.69) is 49.6 Å². The second kappa shape index (κ2) is 8.95. The van der Waals surface area contributed by atoms with Crippen LogP contribution < -0.4 is 5.32 Å². The van der Waals surface area contributed by atoms with Gasteiger partial charge in [0.15, 0.2) is 0 Å². The third-order valence-electron chi connectivity index (χ3n) is 4.95. The van der Waals surface area contributed by atoms with E-state index in [0.717, 1.165) is 37.3 Å². The van der Waals surface area contributed by atoms with Crippen LogP contribution in [0.5, 0.6) is 0 Å². The molecule has 3 heterocycles. The molecule has 0 radical (unpaired) electrons. The van der Waals surface area contributed by atoms with Crippen molar-refractivity contribution in [1.82, 2.24) is 20.0 Å². The lowest BCUT2D eigenvalue weighted by Crippen LogP contribution is -2.22. The molecule has 1 atom stereocenters. The minimum Gasteiger partial charge on any atom is -0.383 e.